The van der Waals surface area contributed by atoms with Gasteiger partial charge >= 0.3 is 0 Å². The van der Waals surface area contributed by atoms with Crippen molar-refractivity contribution in [2.24, 2.45) is 0 Å². The van der Waals surface area contributed by atoms with E-state index in [2.05, 4.69) is 22.4 Å². The lowest BCUT2D eigenvalue weighted by atomic mass is 9.99. The zero-order valence-electron chi connectivity index (χ0n) is 16.8. The van der Waals surface area contributed by atoms with Crippen LogP contribution in [0.25, 0.3) is 0 Å². The number of hydrogen-bond donors (Lipinski definition) is 0. The molecular formula is C23H29N3O2S. The van der Waals surface area contributed by atoms with Crippen LogP contribution in [-0.2, 0) is 11.3 Å². The molecule has 5 nitrogen and oxygen atoms in total. The molecule has 1 aromatic heterocycles. The van der Waals surface area contributed by atoms with E-state index in [0.717, 1.165) is 58.4 Å². The number of rotatable bonds is 4. The molecule has 4 rings (SSSR count). The zero-order valence-corrected chi connectivity index (χ0v) is 17.7. The number of thiophene rings is 1. The van der Waals surface area contributed by atoms with Gasteiger partial charge in [0.25, 0.3) is 5.91 Å². The minimum atomic E-state index is -0.319. The number of benzene rings is 1. The predicted molar refractivity (Wildman–Crippen MR) is 116 cm³/mol. The molecule has 0 bridgehead atoms. The fourth-order valence-corrected chi connectivity index (χ4v) is 5.11. The lowest BCUT2D eigenvalue weighted by Crippen LogP contribution is -2.53. The Labute approximate surface area is 176 Å². The minimum Gasteiger partial charge on any atom is -0.340 e. The molecule has 0 spiro atoms. The SMILES string of the molecule is O=C(C1CCCCN1C(=O)c1ccccc1)N1CCCN(Cc2cccs2)CC1. The molecule has 0 radical (unpaired) electrons. The number of carbonyl (C=O) groups is 2. The Kier molecular flexibility index (Phi) is 6.62. The Bertz CT molecular complexity index is 809. The smallest absolute Gasteiger partial charge is 0.254 e. The number of hydrogen-bond acceptors (Lipinski definition) is 4. The average Bonchev–Trinajstić information content (AvgIpc) is 3.17. The van der Waals surface area contributed by atoms with Gasteiger partial charge in [-0.2, -0.15) is 0 Å². The van der Waals surface area contributed by atoms with E-state index < -0.39 is 0 Å². The van der Waals surface area contributed by atoms with E-state index in [9.17, 15) is 9.59 Å². The topological polar surface area (TPSA) is 43.9 Å². The lowest BCUT2D eigenvalue weighted by Gasteiger charge is -2.37. The van der Waals surface area contributed by atoms with Crippen LogP contribution < -0.4 is 0 Å². The molecule has 29 heavy (non-hydrogen) atoms. The summed E-state index contributed by atoms with van der Waals surface area (Å²) in [5.41, 5.74) is 0.671. The van der Waals surface area contributed by atoms with Crippen LogP contribution in [0.5, 0.6) is 0 Å². The van der Waals surface area contributed by atoms with Crippen molar-refractivity contribution in [3.05, 3.63) is 58.3 Å². The first-order chi connectivity index (χ1) is 14.2. The molecular weight excluding hydrogens is 382 g/mol. The van der Waals surface area contributed by atoms with Crippen LogP contribution in [0.15, 0.2) is 47.8 Å². The van der Waals surface area contributed by atoms with Crippen LogP contribution in [0.2, 0.25) is 0 Å². The van der Waals surface area contributed by atoms with E-state index >= 15 is 0 Å². The van der Waals surface area contributed by atoms with Crippen molar-refractivity contribution in [1.82, 2.24) is 14.7 Å². The molecule has 0 saturated carbocycles. The van der Waals surface area contributed by atoms with Gasteiger partial charge in [0.2, 0.25) is 5.91 Å². The van der Waals surface area contributed by atoms with E-state index in [1.807, 2.05) is 40.1 Å². The molecule has 154 valence electrons. The summed E-state index contributed by atoms with van der Waals surface area (Å²) in [6.45, 7) is 5.06. The maximum Gasteiger partial charge on any atom is 0.254 e. The average molecular weight is 412 g/mol. The maximum atomic E-state index is 13.4. The predicted octanol–water partition coefficient (Wildman–Crippen LogP) is 3.48. The van der Waals surface area contributed by atoms with Gasteiger partial charge < -0.3 is 9.80 Å². The second-order valence-electron chi connectivity index (χ2n) is 7.91. The number of nitrogens with zero attached hydrogens (tertiary/aromatic N) is 3. The fourth-order valence-electron chi connectivity index (χ4n) is 4.36. The van der Waals surface area contributed by atoms with E-state index in [-0.39, 0.29) is 17.9 Å². The summed E-state index contributed by atoms with van der Waals surface area (Å²) >= 11 is 1.79. The first-order valence-electron chi connectivity index (χ1n) is 10.6. The van der Waals surface area contributed by atoms with Crippen molar-refractivity contribution >= 4 is 23.2 Å². The molecule has 2 aliphatic heterocycles. The Morgan fingerprint density at radius 3 is 2.55 bits per heavy atom. The van der Waals surface area contributed by atoms with Gasteiger partial charge in [-0.15, -0.1) is 11.3 Å². The van der Waals surface area contributed by atoms with E-state index in [1.165, 1.54) is 4.88 Å². The Morgan fingerprint density at radius 1 is 0.897 bits per heavy atom. The van der Waals surface area contributed by atoms with Gasteiger partial charge in [0.1, 0.15) is 6.04 Å². The summed E-state index contributed by atoms with van der Waals surface area (Å²) in [6, 6.07) is 13.3. The number of piperidine rings is 1. The molecule has 2 saturated heterocycles. The molecule has 3 heterocycles. The Hall–Kier alpha value is -2.18. The summed E-state index contributed by atoms with van der Waals surface area (Å²) in [6.07, 6.45) is 3.73. The first kappa shape index (κ1) is 20.1. The minimum absolute atomic E-state index is 0.0159. The summed E-state index contributed by atoms with van der Waals surface area (Å²) < 4.78 is 0. The van der Waals surface area contributed by atoms with E-state index in [1.54, 1.807) is 11.3 Å². The molecule has 2 aliphatic rings. The van der Waals surface area contributed by atoms with Gasteiger partial charge in [0.05, 0.1) is 0 Å². The molecule has 6 heteroatoms. The quantitative estimate of drug-likeness (QED) is 0.774. The summed E-state index contributed by atoms with van der Waals surface area (Å²) in [5, 5.41) is 2.12. The molecule has 1 atom stereocenters. The molecule has 0 N–H and O–H groups in total. The normalized spacial score (nSPS) is 21.0. The molecule has 2 amide bonds. The number of likely N-dealkylation sites (tertiary alicyclic amines) is 1. The van der Waals surface area contributed by atoms with Crippen LogP contribution in [0.3, 0.4) is 0 Å². The lowest BCUT2D eigenvalue weighted by molar-refractivity contribution is -0.137. The van der Waals surface area contributed by atoms with E-state index in [4.69, 9.17) is 0 Å². The Morgan fingerprint density at radius 2 is 1.76 bits per heavy atom. The van der Waals surface area contributed by atoms with E-state index in [0.29, 0.717) is 12.1 Å². The fraction of sp³-hybridized carbons (Fsp3) is 0.478. The van der Waals surface area contributed by atoms with Crippen LogP contribution in [-0.4, -0.2) is 65.3 Å². The third-order valence-electron chi connectivity index (χ3n) is 5.93. The Balaban J connectivity index is 1.41. The van der Waals surface area contributed by atoms with Crippen LogP contribution in [0, 0.1) is 0 Å². The summed E-state index contributed by atoms with van der Waals surface area (Å²) in [7, 11) is 0. The van der Waals surface area contributed by atoms with Crippen LogP contribution in [0.1, 0.15) is 40.9 Å². The van der Waals surface area contributed by atoms with Crippen molar-refractivity contribution in [3.63, 3.8) is 0 Å². The second-order valence-corrected chi connectivity index (χ2v) is 8.94. The standard InChI is InChI=1S/C23H29N3O2S/c27-22(19-8-2-1-3-9-19)26-14-5-4-11-21(26)23(28)25-13-7-12-24(15-16-25)18-20-10-6-17-29-20/h1-3,6,8-10,17,21H,4-5,7,11-16,18H2. The van der Waals surface area contributed by atoms with Crippen molar-refractivity contribution in [1.29, 1.82) is 0 Å². The molecule has 2 fully saturated rings. The second kappa shape index (κ2) is 9.55. The molecule has 0 aliphatic carbocycles. The van der Waals surface area contributed by atoms with Crippen LogP contribution in [0.4, 0.5) is 0 Å². The highest BCUT2D eigenvalue weighted by Gasteiger charge is 2.35. The number of carbonyl (C=O) groups excluding carboxylic acids is 2. The van der Waals surface area contributed by atoms with Gasteiger partial charge in [-0.05, 0) is 49.3 Å². The third kappa shape index (κ3) is 4.87. The molecule has 1 unspecified atom stereocenters. The van der Waals surface area contributed by atoms with Gasteiger partial charge in [-0.3, -0.25) is 14.5 Å². The highest BCUT2D eigenvalue weighted by atomic mass is 32.1. The van der Waals surface area contributed by atoms with Gasteiger partial charge in [-0.1, -0.05) is 24.3 Å². The van der Waals surface area contributed by atoms with Gasteiger partial charge in [0.15, 0.2) is 0 Å². The molecule has 2 aromatic rings. The van der Waals surface area contributed by atoms with Crippen molar-refractivity contribution in [2.75, 3.05) is 32.7 Å². The monoisotopic (exact) mass is 411 g/mol. The highest BCUT2D eigenvalue weighted by Crippen LogP contribution is 2.22. The zero-order chi connectivity index (χ0) is 20.1. The number of amides is 2. The van der Waals surface area contributed by atoms with Crippen molar-refractivity contribution < 1.29 is 9.59 Å². The largest absolute Gasteiger partial charge is 0.340 e. The maximum absolute atomic E-state index is 13.4. The van der Waals surface area contributed by atoms with Crippen molar-refractivity contribution in [3.8, 4) is 0 Å². The van der Waals surface area contributed by atoms with Gasteiger partial charge in [-0.25, -0.2) is 0 Å². The first-order valence-corrected chi connectivity index (χ1v) is 11.5. The van der Waals surface area contributed by atoms with Gasteiger partial charge in [0, 0.05) is 49.7 Å². The highest BCUT2D eigenvalue weighted by molar-refractivity contribution is 7.09. The molecule has 1 aromatic carbocycles. The van der Waals surface area contributed by atoms with Crippen LogP contribution >= 0.6 is 11.3 Å². The summed E-state index contributed by atoms with van der Waals surface area (Å²) in [5.74, 6) is 0.116. The summed E-state index contributed by atoms with van der Waals surface area (Å²) in [4.78, 5) is 34.1. The van der Waals surface area contributed by atoms with Crippen molar-refractivity contribution in [2.45, 2.75) is 38.3 Å². The third-order valence-corrected chi connectivity index (χ3v) is 6.79.